The van der Waals surface area contributed by atoms with E-state index in [1.807, 2.05) is 6.92 Å². The SMILES string of the molecule is CCNC(=NCC(O)CS(=O)(=O)c1cccs1)NCCN1CCCCC1.I. The number of aliphatic imine (C=N–C) groups is 1. The van der Waals surface area contributed by atoms with Crippen molar-refractivity contribution in [1.29, 1.82) is 0 Å². The van der Waals surface area contributed by atoms with Crippen LogP contribution in [0.25, 0.3) is 0 Å². The summed E-state index contributed by atoms with van der Waals surface area (Å²) < 4.78 is 24.7. The van der Waals surface area contributed by atoms with E-state index in [1.54, 1.807) is 17.5 Å². The minimum absolute atomic E-state index is 0. The van der Waals surface area contributed by atoms with E-state index in [0.29, 0.717) is 12.5 Å². The number of hydrogen-bond acceptors (Lipinski definition) is 6. The summed E-state index contributed by atoms with van der Waals surface area (Å²) in [6, 6.07) is 3.25. The van der Waals surface area contributed by atoms with Gasteiger partial charge in [0.15, 0.2) is 15.8 Å². The first kappa shape index (κ1) is 24.6. The summed E-state index contributed by atoms with van der Waals surface area (Å²) in [5.41, 5.74) is 0. The molecule has 10 heteroatoms. The van der Waals surface area contributed by atoms with E-state index in [-0.39, 0.29) is 40.5 Å². The molecule has 0 saturated carbocycles. The van der Waals surface area contributed by atoms with Gasteiger partial charge in [0.25, 0.3) is 0 Å². The third kappa shape index (κ3) is 9.07. The molecule has 2 rings (SSSR count). The molecule has 0 amide bonds. The summed E-state index contributed by atoms with van der Waals surface area (Å²) in [6.45, 7) is 6.75. The molecule has 1 aliphatic rings. The summed E-state index contributed by atoms with van der Waals surface area (Å²) in [6.07, 6.45) is 2.82. The van der Waals surface area contributed by atoms with Crippen molar-refractivity contribution < 1.29 is 13.5 Å². The summed E-state index contributed by atoms with van der Waals surface area (Å²) in [5.74, 6) is 0.293. The van der Waals surface area contributed by atoms with Crippen molar-refractivity contribution in [3.05, 3.63) is 17.5 Å². The lowest BCUT2D eigenvalue weighted by Crippen LogP contribution is -2.43. The number of aliphatic hydroxyl groups is 1. The average molecular weight is 530 g/mol. The molecule has 2 heterocycles. The lowest BCUT2D eigenvalue weighted by atomic mass is 10.1. The summed E-state index contributed by atoms with van der Waals surface area (Å²) >= 11 is 1.16. The maximum atomic E-state index is 12.2. The van der Waals surface area contributed by atoms with Gasteiger partial charge in [-0.3, -0.25) is 4.99 Å². The summed E-state index contributed by atoms with van der Waals surface area (Å²) in [7, 11) is -3.46. The van der Waals surface area contributed by atoms with E-state index in [4.69, 9.17) is 0 Å². The van der Waals surface area contributed by atoms with Gasteiger partial charge >= 0.3 is 0 Å². The van der Waals surface area contributed by atoms with Gasteiger partial charge in [0, 0.05) is 19.6 Å². The van der Waals surface area contributed by atoms with E-state index in [2.05, 4.69) is 20.5 Å². The topological polar surface area (TPSA) is 94.0 Å². The molecular formula is C17H31IN4O3S2. The Morgan fingerprint density at radius 3 is 2.70 bits per heavy atom. The fourth-order valence-corrected chi connectivity index (χ4v) is 5.35. The average Bonchev–Trinajstić information content (AvgIpc) is 3.16. The third-order valence-electron chi connectivity index (χ3n) is 4.19. The maximum Gasteiger partial charge on any atom is 0.191 e. The number of guanidine groups is 1. The monoisotopic (exact) mass is 530 g/mol. The Morgan fingerprint density at radius 1 is 1.33 bits per heavy atom. The van der Waals surface area contributed by atoms with Gasteiger partial charge < -0.3 is 20.6 Å². The molecule has 1 atom stereocenters. The van der Waals surface area contributed by atoms with Crippen LogP contribution in [0.3, 0.4) is 0 Å². The molecule has 0 spiro atoms. The first-order valence-electron chi connectivity index (χ1n) is 9.20. The highest BCUT2D eigenvalue weighted by atomic mass is 127. The fraction of sp³-hybridized carbons (Fsp3) is 0.706. The minimum Gasteiger partial charge on any atom is -0.390 e. The van der Waals surface area contributed by atoms with Crippen molar-refractivity contribution in [1.82, 2.24) is 15.5 Å². The number of halogens is 1. The largest absolute Gasteiger partial charge is 0.390 e. The lowest BCUT2D eigenvalue weighted by Gasteiger charge is -2.26. The Labute approximate surface area is 183 Å². The Hall–Kier alpha value is -0.430. The standard InChI is InChI=1S/C17H30N4O3S2.HI/c1-2-18-17(19-8-11-21-9-4-3-5-10-21)20-13-15(22)14-26(23,24)16-7-6-12-25-16;/h6-7,12,15,22H,2-5,8-11,13-14H2,1H3,(H2,18,19,20);1H. The van der Waals surface area contributed by atoms with Gasteiger partial charge in [-0.25, -0.2) is 8.42 Å². The summed E-state index contributed by atoms with van der Waals surface area (Å²) in [5, 5.41) is 18.2. The molecule has 1 aliphatic heterocycles. The van der Waals surface area contributed by atoms with E-state index in [1.165, 1.54) is 19.3 Å². The van der Waals surface area contributed by atoms with E-state index in [9.17, 15) is 13.5 Å². The Kier molecular flexibility index (Phi) is 11.8. The number of nitrogens with one attached hydrogen (secondary N) is 2. The normalized spacial score (nSPS) is 17.2. The van der Waals surface area contributed by atoms with Crippen LogP contribution in [0.4, 0.5) is 0 Å². The van der Waals surface area contributed by atoms with Crippen molar-refractivity contribution in [3.8, 4) is 0 Å². The molecule has 0 aromatic carbocycles. The molecule has 1 aromatic heterocycles. The van der Waals surface area contributed by atoms with Crippen molar-refractivity contribution in [2.24, 2.45) is 4.99 Å². The molecule has 1 saturated heterocycles. The van der Waals surface area contributed by atoms with E-state index < -0.39 is 15.9 Å². The first-order valence-corrected chi connectivity index (χ1v) is 11.7. The molecule has 0 aliphatic carbocycles. The highest BCUT2D eigenvalue weighted by Crippen LogP contribution is 2.18. The van der Waals surface area contributed by atoms with Crippen LogP contribution in [0.5, 0.6) is 0 Å². The third-order valence-corrected chi connectivity index (χ3v) is 7.47. The zero-order valence-corrected chi connectivity index (χ0v) is 19.7. The molecule has 1 fully saturated rings. The highest BCUT2D eigenvalue weighted by molar-refractivity contribution is 14.0. The van der Waals surface area contributed by atoms with Gasteiger partial charge in [-0.2, -0.15) is 0 Å². The van der Waals surface area contributed by atoms with E-state index in [0.717, 1.165) is 37.5 Å². The van der Waals surface area contributed by atoms with Crippen molar-refractivity contribution in [2.75, 3.05) is 45.0 Å². The quantitative estimate of drug-likeness (QED) is 0.255. The molecule has 0 bridgehead atoms. The van der Waals surface area contributed by atoms with Crippen LogP contribution in [0.15, 0.2) is 26.7 Å². The molecule has 3 N–H and O–H groups in total. The second-order valence-electron chi connectivity index (χ2n) is 6.42. The Balaban J connectivity index is 0.00000364. The van der Waals surface area contributed by atoms with Crippen LogP contribution in [0.2, 0.25) is 0 Å². The number of piperidine rings is 1. The van der Waals surface area contributed by atoms with Gasteiger partial charge in [-0.15, -0.1) is 35.3 Å². The highest BCUT2D eigenvalue weighted by Gasteiger charge is 2.20. The molecule has 0 radical (unpaired) electrons. The molecule has 1 unspecified atom stereocenters. The number of hydrogen-bond donors (Lipinski definition) is 3. The smallest absolute Gasteiger partial charge is 0.191 e. The van der Waals surface area contributed by atoms with Gasteiger partial charge in [0.1, 0.15) is 4.21 Å². The van der Waals surface area contributed by atoms with Gasteiger partial charge in [-0.05, 0) is 44.3 Å². The van der Waals surface area contributed by atoms with Crippen LogP contribution >= 0.6 is 35.3 Å². The van der Waals surface area contributed by atoms with Crippen LogP contribution in [-0.2, 0) is 9.84 Å². The van der Waals surface area contributed by atoms with Crippen molar-refractivity contribution >= 4 is 51.1 Å². The zero-order chi connectivity index (χ0) is 18.8. The maximum absolute atomic E-state index is 12.2. The number of aliphatic hydroxyl groups excluding tert-OH is 1. The lowest BCUT2D eigenvalue weighted by molar-refractivity contribution is 0.206. The second kappa shape index (κ2) is 12.9. The predicted octanol–water partition coefficient (Wildman–Crippen LogP) is 1.54. The van der Waals surface area contributed by atoms with Crippen LogP contribution < -0.4 is 10.6 Å². The first-order chi connectivity index (χ1) is 12.5. The number of sulfone groups is 1. The van der Waals surface area contributed by atoms with Crippen LogP contribution in [-0.4, -0.2) is 75.5 Å². The van der Waals surface area contributed by atoms with Crippen molar-refractivity contribution in [2.45, 2.75) is 36.5 Å². The van der Waals surface area contributed by atoms with Crippen LogP contribution in [0, 0.1) is 0 Å². The second-order valence-corrected chi connectivity index (χ2v) is 9.62. The Bertz CT molecular complexity index is 647. The molecule has 27 heavy (non-hydrogen) atoms. The fourth-order valence-electron chi connectivity index (χ4n) is 2.88. The van der Waals surface area contributed by atoms with Gasteiger partial charge in [0.2, 0.25) is 0 Å². The number of nitrogens with zero attached hydrogens (tertiary/aromatic N) is 2. The zero-order valence-electron chi connectivity index (χ0n) is 15.8. The number of thiophene rings is 1. The number of likely N-dealkylation sites (tertiary alicyclic amines) is 1. The van der Waals surface area contributed by atoms with Crippen molar-refractivity contribution in [3.63, 3.8) is 0 Å². The minimum atomic E-state index is -3.46. The Morgan fingerprint density at radius 2 is 2.07 bits per heavy atom. The molecule has 1 aromatic rings. The van der Waals surface area contributed by atoms with Crippen LogP contribution in [0.1, 0.15) is 26.2 Å². The van der Waals surface area contributed by atoms with E-state index >= 15 is 0 Å². The summed E-state index contributed by atoms with van der Waals surface area (Å²) in [4.78, 5) is 6.76. The predicted molar refractivity (Wildman–Crippen MR) is 122 cm³/mol. The van der Waals surface area contributed by atoms with Gasteiger partial charge in [-0.1, -0.05) is 12.5 Å². The molecule has 156 valence electrons. The van der Waals surface area contributed by atoms with Gasteiger partial charge in [0.05, 0.1) is 18.4 Å². The number of rotatable bonds is 9. The molecular weight excluding hydrogens is 499 g/mol. The molecule has 7 nitrogen and oxygen atoms in total.